The zero-order valence-corrected chi connectivity index (χ0v) is 20.5. The highest BCUT2D eigenvalue weighted by atomic mass is 16.6. The van der Waals surface area contributed by atoms with Crippen LogP contribution in [0.4, 0.5) is 15.3 Å². The number of carbonyl (C=O) groups is 2. The maximum Gasteiger partial charge on any atom is 0.410 e. The number of carbonyl (C=O) groups excluding carboxylic acids is 1. The molecule has 0 aliphatic carbocycles. The molecule has 0 aromatic heterocycles. The van der Waals surface area contributed by atoms with E-state index in [4.69, 9.17) is 9.47 Å². The van der Waals surface area contributed by atoms with Crippen LogP contribution in [0.5, 0.6) is 5.75 Å². The van der Waals surface area contributed by atoms with E-state index in [1.807, 2.05) is 48.5 Å². The summed E-state index contributed by atoms with van der Waals surface area (Å²) in [6.45, 7) is 5.56. The summed E-state index contributed by atoms with van der Waals surface area (Å²) in [6, 6.07) is 18.2. The predicted octanol–water partition coefficient (Wildman–Crippen LogP) is 3.35. The Morgan fingerprint density at radius 1 is 0.861 bits per heavy atom. The number of rotatable bonds is 7. The first-order chi connectivity index (χ1) is 17.6. The fraction of sp³-hybridized carbons (Fsp3) is 0.481. The third-order valence-corrected chi connectivity index (χ3v) is 7.40. The van der Waals surface area contributed by atoms with Crippen molar-refractivity contribution in [2.75, 3.05) is 57.3 Å². The maximum atomic E-state index is 12.4. The molecule has 3 aliphatic heterocycles. The molecule has 3 saturated heterocycles. The molecule has 2 bridgehead atoms. The molecule has 1 N–H and O–H groups in total. The van der Waals surface area contributed by atoms with E-state index >= 15 is 0 Å². The van der Waals surface area contributed by atoms with Crippen molar-refractivity contribution in [1.29, 1.82) is 0 Å². The summed E-state index contributed by atoms with van der Waals surface area (Å²) in [5.41, 5.74) is 2.04. The number of hydrogen-bond acceptors (Lipinski definition) is 6. The lowest BCUT2D eigenvalue weighted by Gasteiger charge is -2.42. The Morgan fingerprint density at radius 3 is 2.22 bits per heavy atom. The molecule has 2 atom stereocenters. The summed E-state index contributed by atoms with van der Waals surface area (Å²) >= 11 is 0. The summed E-state index contributed by atoms with van der Waals surface area (Å²) < 4.78 is 11.7. The molecule has 2 amide bonds. The summed E-state index contributed by atoms with van der Waals surface area (Å²) in [4.78, 5) is 31.9. The van der Waals surface area contributed by atoms with Crippen LogP contribution in [-0.2, 0) is 11.3 Å². The summed E-state index contributed by atoms with van der Waals surface area (Å²) in [5, 5.41) is 9.42. The van der Waals surface area contributed by atoms with E-state index in [1.54, 1.807) is 9.80 Å². The number of anilines is 1. The zero-order chi connectivity index (χ0) is 24.9. The monoisotopic (exact) mass is 494 g/mol. The van der Waals surface area contributed by atoms with Crippen LogP contribution in [0, 0.1) is 0 Å². The van der Waals surface area contributed by atoms with Crippen LogP contribution in [0.1, 0.15) is 18.4 Å². The number of hydrogen-bond donors (Lipinski definition) is 1. The lowest BCUT2D eigenvalue weighted by atomic mass is 10.1. The van der Waals surface area contributed by atoms with Crippen LogP contribution in [0.15, 0.2) is 54.6 Å². The molecule has 0 unspecified atom stereocenters. The third-order valence-electron chi connectivity index (χ3n) is 7.40. The highest BCUT2D eigenvalue weighted by Gasteiger charge is 2.42. The minimum atomic E-state index is -0.833. The van der Waals surface area contributed by atoms with Crippen molar-refractivity contribution >= 4 is 17.9 Å². The van der Waals surface area contributed by atoms with Gasteiger partial charge in [-0.3, -0.25) is 4.90 Å². The highest BCUT2D eigenvalue weighted by molar-refractivity contribution is 5.68. The Labute approximate surface area is 211 Å². The Hall–Kier alpha value is -3.46. The van der Waals surface area contributed by atoms with Gasteiger partial charge in [-0.1, -0.05) is 42.5 Å². The minimum Gasteiger partial charge on any atom is -0.490 e. The number of para-hydroxylation sites is 2. The van der Waals surface area contributed by atoms with E-state index in [2.05, 4.69) is 15.9 Å². The van der Waals surface area contributed by atoms with Gasteiger partial charge in [0.15, 0.2) is 0 Å². The fourth-order valence-corrected chi connectivity index (χ4v) is 5.49. The van der Waals surface area contributed by atoms with Crippen molar-refractivity contribution < 1.29 is 24.2 Å². The van der Waals surface area contributed by atoms with Crippen LogP contribution in [0.2, 0.25) is 0 Å². The van der Waals surface area contributed by atoms with Crippen LogP contribution in [0.3, 0.4) is 0 Å². The van der Waals surface area contributed by atoms with Gasteiger partial charge in [0.2, 0.25) is 0 Å². The van der Waals surface area contributed by atoms with E-state index in [0.29, 0.717) is 39.4 Å². The molecule has 2 aromatic rings. The van der Waals surface area contributed by atoms with Gasteiger partial charge in [0.1, 0.15) is 19.0 Å². The van der Waals surface area contributed by atoms with Crippen molar-refractivity contribution in [2.24, 2.45) is 0 Å². The third kappa shape index (κ3) is 5.51. The van der Waals surface area contributed by atoms with Crippen LogP contribution in [0.25, 0.3) is 0 Å². The van der Waals surface area contributed by atoms with Gasteiger partial charge < -0.3 is 29.3 Å². The smallest absolute Gasteiger partial charge is 0.410 e. The lowest BCUT2D eigenvalue weighted by Crippen LogP contribution is -2.55. The molecular formula is C27H34N4O5. The number of carboxylic acid groups (broad SMARTS) is 1. The van der Waals surface area contributed by atoms with E-state index < -0.39 is 6.09 Å². The first-order valence-electron chi connectivity index (χ1n) is 12.7. The van der Waals surface area contributed by atoms with Crippen molar-refractivity contribution in [3.8, 4) is 5.75 Å². The zero-order valence-electron chi connectivity index (χ0n) is 20.5. The summed E-state index contributed by atoms with van der Waals surface area (Å²) in [5.74, 6) is 0.848. The van der Waals surface area contributed by atoms with E-state index in [9.17, 15) is 14.7 Å². The van der Waals surface area contributed by atoms with Crippen LogP contribution < -0.4 is 9.64 Å². The SMILES string of the molecule is O=C(O)N1C[C@H]2CC[C@@H](C1)N2c1ccccc1OCCN1CCN(C(=O)OCc2ccccc2)CC1. The first kappa shape index (κ1) is 24.2. The molecular weight excluding hydrogens is 460 g/mol. The molecule has 2 aromatic carbocycles. The Bertz CT molecular complexity index is 1030. The highest BCUT2D eigenvalue weighted by Crippen LogP contribution is 2.39. The van der Waals surface area contributed by atoms with Gasteiger partial charge in [0.25, 0.3) is 0 Å². The number of benzene rings is 2. The molecule has 9 nitrogen and oxygen atoms in total. The normalized spacial score (nSPS) is 21.9. The number of ether oxygens (including phenoxy) is 2. The number of amides is 2. The first-order valence-corrected chi connectivity index (χ1v) is 12.7. The molecule has 0 radical (unpaired) electrons. The van der Waals surface area contributed by atoms with Gasteiger partial charge in [-0.2, -0.15) is 0 Å². The predicted molar refractivity (Wildman–Crippen MR) is 135 cm³/mol. The van der Waals surface area contributed by atoms with Gasteiger partial charge in [-0.25, -0.2) is 9.59 Å². The molecule has 3 fully saturated rings. The number of piperazine rings is 2. The van der Waals surface area contributed by atoms with Gasteiger partial charge >= 0.3 is 12.2 Å². The lowest BCUT2D eigenvalue weighted by molar-refractivity contribution is 0.0684. The van der Waals surface area contributed by atoms with E-state index in [-0.39, 0.29) is 18.2 Å². The Morgan fingerprint density at radius 2 is 1.53 bits per heavy atom. The number of nitrogens with zero attached hydrogens (tertiary/aromatic N) is 4. The number of likely N-dealkylation sites (tertiary alicyclic amines) is 1. The van der Waals surface area contributed by atoms with Crippen LogP contribution >= 0.6 is 0 Å². The quantitative estimate of drug-likeness (QED) is 0.632. The molecule has 192 valence electrons. The molecule has 0 saturated carbocycles. The van der Waals surface area contributed by atoms with Crippen LogP contribution in [-0.4, -0.2) is 96.5 Å². The van der Waals surface area contributed by atoms with Crippen molar-refractivity contribution in [3.05, 3.63) is 60.2 Å². The fourth-order valence-electron chi connectivity index (χ4n) is 5.49. The second kappa shape index (κ2) is 11.1. The van der Waals surface area contributed by atoms with Crippen molar-refractivity contribution in [1.82, 2.24) is 14.7 Å². The second-order valence-corrected chi connectivity index (χ2v) is 9.66. The average Bonchev–Trinajstić information content (AvgIpc) is 3.16. The van der Waals surface area contributed by atoms with Gasteiger partial charge in [0.05, 0.1) is 5.69 Å². The largest absolute Gasteiger partial charge is 0.490 e. The Kier molecular flexibility index (Phi) is 7.46. The molecule has 3 aliphatic rings. The molecule has 9 heteroatoms. The van der Waals surface area contributed by atoms with Gasteiger partial charge in [-0.15, -0.1) is 0 Å². The van der Waals surface area contributed by atoms with Crippen molar-refractivity contribution in [3.63, 3.8) is 0 Å². The molecule has 3 heterocycles. The maximum absolute atomic E-state index is 12.4. The second-order valence-electron chi connectivity index (χ2n) is 9.66. The van der Waals surface area contributed by atoms with E-state index in [1.165, 1.54) is 0 Å². The number of fused-ring (bicyclic) bond motifs is 2. The van der Waals surface area contributed by atoms with E-state index in [0.717, 1.165) is 49.5 Å². The minimum absolute atomic E-state index is 0.194. The van der Waals surface area contributed by atoms with Crippen molar-refractivity contribution in [2.45, 2.75) is 31.5 Å². The molecule has 5 rings (SSSR count). The standard InChI is InChI=1S/C27H34N4O5/c32-26(33)30-18-22-10-11-23(19-30)31(22)24-8-4-5-9-25(24)35-17-16-28-12-14-29(15-13-28)27(34)36-20-21-6-2-1-3-7-21/h1-9,22-23H,10-20H2,(H,32,33)/t22-,23+. The molecule has 0 spiro atoms. The average molecular weight is 495 g/mol. The topological polar surface area (TPSA) is 85.8 Å². The Balaban J connectivity index is 1.08. The summed E-state index contributed by atoms with van der Waals surface area (Å²) in [6.07, 6.45) is 0.906. The van der Waals surface area contributed by atoms with Gasteiger partial charge in [-0.05, 0) is 30.5 Å². The summed E-state index contributed by atoms with van der Waals surface area (Å²) in [7, 11) is 0. The molecule has 36 heavy (non-hydrogen) atoms. The van der Waals surface area contributed by atoms with Gasteiger partial charge in [0, 0.05) is 57.9 Å².